The fourth-order valence-corrected chi connectivity index (χ4v) is 8.83. The number of aryl methyl sites for hydroxylation is 2. The first-order valence-electron chi connectivity index (χ1n) is 16.8. The van der Waals surface area contributed by atoms with Crippen molar-refractivity contribution in [2.75, 3.05) is 0 Å². The summed E-state index contributed by atoms with van der Waals surface area (Å²) < 4.78 is 0. The van der Waals surface area contributed by atoms with Crippen molar-refractivity contribution in [3.8, 4) is 11.1 Å². The molecule has 2 aliphatic carbocycles. The molecule has 10 rings (SSSR count). The Hall–Kier alpha value is -5.46. The Morgan fingerprint density at radius 3 is 2.02 bits per heavy atom. The molecule has 0 nitrogen and oxygen atoms in total. The lowest BCUT2D eigenvalue weighted by Crippen LogP contribution is -2.21. The highest BCUT2D eigenvalue weighted by atomic mass is 14.4. The van der Waals surface area contributed by atoms with Crippen LogP contribution in [0.3, 0.4) is 0 Å². The van der Waals surface area contributed by atoms with Crippen molar-refractivity contribution in [3.05, 3.63) is 167 Å². The van der Waals surface area contributed by atoms with E-state index in [9.17, 15) is 0 Å². The smallest absolute Gasteiger partial charge is 0.0148 e. The molecule has 0 N–H and O–H groups in total. The first kappa shape index (κ1) is 26.7. The maximum Gasteiger partial charge on any atom is 0.0148 e. The Morgan fingerprint density at radius 1 is 0.511 bits per heavy atom. The normalized spacial score (nSPS) is 17.1. The molecule has 1 atom stereocenters. The molecule has 0 fully saturated rings. The molecule has 2 aliphatic rings. The average Bonchev–Trinajstić information content (AvgIpc) is 3.43. The second-order valence-corrected chi connectivity index (χ2v) is 14.0. The predicted molar refractivity (Wildman–Crippen MR) is 203 cm³/mol. The van der Waals surface area contributed by atoms with Crippen molar-refractivity contribution in [1.29, 1.82) is 0 Å². The third-order valence-electron chi connectivity index (χ3n) is 11.2. The van der Waals surface area contributed by atoms with Gasteiger partial charge in [-0.3, -0.25) is 0 Å². The molecule has 0 radical (unpaired) electrons. The van der Waals surface area contributed by atoms with Gasteiger partial charge in [-0.25, -0.2) is 0 Å². The molecular formula is C47H34. The predicted octanol–water partition coefficient (Wildman–Crippen LogP) is 12.9. The fourth-order valence-electron chi connectivity index (χ4n) is 8.83. The van der Waals surface area contributed by atoms with Gasteiger partial charge < -0.3 is 0 Å². The number of hydrogen-bond acceptors (Lipinski definition) is 0. The third-order valence-corrected chi connectivity index (χ3v) is 11.2. The van der Waals surface area contributed by atoms with E-state index in [-0.39, 0.29) is 5.41 Å². The summed E-state index contributed by atoms with van der Waals surface area (Å²) in [5, 5.41) is 13.3. The van der Waals surface area contributed by atoms with Crippen LogP contribution < -0.4 is 0 Å². The van der Waals surface area contributed by atoms with E-state index in [4.69, 9.17) is 0 Å². The van der Waals surface area contributed by atoms with Crippen LogP contribution in [-0.2, 0) is 5.41 Å². The van der Waals surface area contributed by atoms with Gasteiger partial charge in [0.05, 0.1) is 0 Å². The van der Waals surface area contributed by atoms with E-state index in [1.165, 1.54) is 104 Å². The highest BCUT2D eigenvalue weighted by molar-refractivity contribution is 6.29. The van der Waals surface area contributed by atoms with Crippen LogP contribution in [0.5, 0.6) is 0 Å². The standard InChI is InChI=1S/C47H34/c1-28-17-19-35-38(23-28)42(39-24-30-11-7-8-14-32(30)33-15-9-10-16-34(33)39)25-41-36-20-18-29(2)45-37-21-22-47(3,31-12-5-4-6-13-31)27-44(37)43(46(36)45)26-40(35)41/h4-26H,27H2,1-3H3. The van der Waals surface area contributed by atoms with E-state index in [1.807, 2.05) is 0 Å². The number of benzene rings is 8. The molecule has 8 aromatic carbocycles. The van der Waals surface area contributed by atoms with E-state index >= 15 is 0 Å². The topological polar surface area (TPSA) is 0 Å². The third kappa shape index (κ3) is 3.70. The van der Waals surface area contributed by atoms with Crippen molar-refractivity contribution in [2.24, 2.45) is 0 Å². The lowest BCUT2D eigenvalue weighted by Gasteiger charge is -2.31. The second kappa shape index (κ2) is 9.53. The molecule has 0 aliphatic heterocycles. The average molecular weight is 599 g/mol. The largest absolute Gasteiger partial charge is 0.0733 e. The Kier molecular flexibility index (Phi) is 5.42. The zero-order valence-corrected chi connectivity index (χ0v) is 27.0. The molecule has 0 bridgehead atoms. The minimum absolute atomic E-state index is 0.0441. The Morgan fingerprint density at radius 2 is 1.17 bits per heavy atom. The quantitative estimate of drug-likeness (QED) is 0.174. The summed E-state index contributed by atoms with van der Waals surface area (Å²) in [6.45, 7) is 6.90. The molecule has 0 saturated heterocycles. The molecule has 0 aromatic heterocycles. The lowest BCUT2D eigenvalue weighted by molar-refractivity contribution is 0.611. The molecule has 47 heavy (non-hydrogen) atoms. The van der Waals surface area contributed by atoms with E-state index in [0.29, 0.717) is 0 Å². The van der Waals surface area contributed by atoms with Gasteiger partial charge in [0.15, 0.2) is 0 Å². The molecule has 222 valence electrons. The second-order valence-electron chi connectivity index (χ2n) is 14.0. The number of rotatable bonds is 2. The van der Waals surface area contributed by atoms with E-state index < -0.39 is 0 Å². The van der Waals surface area contributed by atoms with Crippen LogP contribution in [0, 0.1) is 13.8 Å². The Bertz CT molecular complexity index is 2720. The summed E-state index contributed by atoms with van der Waals surface area (Å²) in [5.74, 6) is 0. The lowest BCUT2D eigenvalue weighted by atomic mass is 9.72. The molecule has 0 heteroatoms. The van der Waals surface area contributed by atoms with E-state index in [1.54, 1.807) is 0 Å². The van der Waals surface area contributed by atoms with Crippen LogP contribution in [0.1, 0.15) is 41.2 Å². The van der Waals surface area contributed by atoms with Crippen LogP contribution in [-0.4, -0.2) is 0 Å². The summed E-state index contributed by atoms with van der Waals surface area (Å²) in [5.41, 5.74) is 12.3. The van der Waals surface area contributed by atoms with Crippen molar-refractivity contribution in [1.82, 2.24) is 0 Å². The van der Waals surface area contributed by atoms with E-state index in [0.717, 1.165) is 6.42 Å². The van der Waals surface area contributed by atoms with Gasteiger partial charge in [0.25, 0.3) is 0 Å². The SMILES string of the molecule is Cc1ccc2c(c1)c(-c1cc3ccccc3c3ccccc13)cc1c3ccc(C)c4c3c(cc21)C1=C4C=CC(C)(c2ccccc2)C1. The number of hydrogen-bond donors (Lipinski definition) is 0. The van der Waals surface area contributed by atoms with Crippen molar-refractivity contribution >= 4 is 65.0 Å². The zero-order valence-electron chi connectivity index (χ0n) is 27.0. The first-order valence-corrected chi connectivity index (χ1v) is 16.8. The van der Waals surface area contributed by atoms with Crippen molar-refractivity contribution in [3.63, 3.8) is 0 Å². The molecular weight excluding hydrogens is 565 g/mol. The maximum absolute atomic E-state index is 2.54. The molecule has 0 saturated carbocycles. The fraction of sp³-hybridized carbons (Fsp3) is 0.106. The van der Waals surface area contributed by atoms with Gasteiger partial charge in [0.2, 0.25) is 0 Å². The summed E-state index contributed by atoms with van der Waals surface area (Å²) in [6, 6.07) is 48.0. The monoisotopic (exact) mass is 598 g/mol. The van der Waals surface area contributed by atoms with Crippen LogP contribution in [0.4, 0.5) is 0 Å². The molecule has 8 aromatic rings. The molecule has 1 unspecified atom stereocenters. The Labute approximate surface area is 275 Å². The summed E-state index contributed by atoms with van der Waals surface area (Å²) in [6.07, 6.45) is 5.87. The summed E-state index contributed by atoms with van der Waals surface area (Å²) in [7, 11) is 0. The molecule has 0 amide bonds. The van der Waals surface area contributed by atoms with Crippen molar-refractivity contribution < 1.29 is 0 Å². The van der Waals surface area contributed by atoms with Gasteiger partial charge >= 0.3 is 0 Å². The van der Waals surface area contributed by atoms with Crippen LogP contribution in [0.2, 0.25) is 0 Å². The van der Waals surface area contributed by atoms with Crippen LogP contribution in [0.15, 0.2) is 140 Å². The minimum Gasteiger partial charge on any atom is -0.0733 e. The maximum atomic E-state index is 2.54. The minimum atomic E-state index is -0.0441. The molecule has 0 spiro atoms. The number of fused-ring (bicyclic) bond motifs is 9. The van der Waals surface area contributed by atoms with E-state index in [2.05, 4.69) is 160 Å². The van der Waals surface area contributed by atoms with Gasteiger partial charge in [-0.15, -0.1) is 0 Å². The van der Waals surface area contributed by atoms with Gasteiger partial charge in [0.1, 0.15) is 0 Å². The highest BCUT2D eigenvalue weighted by Crippen LogP contribution is 2.54. The van der Waals surface area contributed by atoms with Gasteiger partial charge in [-0.1, -0.05) is 134 Å². The zero-order chi connectivity index (χ0) is 31.4. The summed E-state index contributed by atoms with van der Waals surface area (Å²) >= 11 is 0. The van der Waals surface area contributed by atoms with Gasteiger partial charge in [-0.2, -0.15) is 0 Å². The van der Waals surface area contributed by atoms with Crippen LogP contribution in [0.25, 0.3) is 76.1 Å². The van der Waals surface area contributed by atoms with Gasteiger partial charge in [-0.05, 0) is 137 Å². The highest BCUT2D eigenvalue weighted by Gasteiger charge is 2.35. The number of allylic oxidation sites excluding steroid dienone is 4. The Balaban J connectivity index is 1.30. The molecule has 0 heterocycles. The first-order chi connectivity index (χ1) is 23.0. The van der Waals surface area contributed by atoms with Crippen molar-refractivity contribution in [2.45, 2.75) is 32.6 Å². The summed E-state index contributed by atoms with van der Waals surface area (Å²) in [4.78, 5) is 0. The van der Waals surface area contributed by atoms with Crippen LogP contribution >= 0.6 is 0 Å². The van der Waals surface area contributed by atoms with Gasteiger partial charge in [0, 0.05) is 5.41 Å².